The smallest absolute Gasteiger partial charge is 0.313 e. The molecular weight excluding hydrogens is 152 g/mol. The van der Waals surface area contributed by atoms with Gasteiger partial charge in [-0.1, -0.05) is 33.6 Å². The van der Waals surface area contributed by atoms with Gasteiger partial charge in [-0.05, 0) is 12.3 Å². The predicted octanol–water partition coefficient (Wildman–Crippen LogP) is 2.37. The number of carbonyl (C=O) groups is 1. The lowest BCUT2D eigenvalue weighted by Crippen LogP contribution is -2.47. The average molecular weight is 170 g/mol. The van der Waals surface area contributed by atoms with Gasteiger partial charge >= 0.3 is 5.97 Å². The molecule has 2 atom stereocenters. The Hall–Kier alpha value is -0.530. The van der Waals surface area contributed by atoms with Crippen molar-refractivity contribution in [2.45, 2.75) is 46.1 Å². The zero-order valence-electron chi connectivity index (χ0n) is 8.17. The van der Waals surface area contributed by atoms with Crippen LogP contribution in [0.15, 0.2) is 0 Å². The van der Waals surface area contributed by atoms with Gasteiger partial charge in [0.1, 0.15) is 6.10 Å². The maximum atomic E-state index is 11.0. The van der Waals surface area contributed by atoms with Crippen LogP contribution in [0, 0.1) is 11.8 Å². The molecule has 2 heteroatoms. The Balaban J connectivity index is 2.33. The number of unbranched alkanes of at least 4 members (excludes halogenated alkanes) is 1. The Morgan fingerprint density at radius 2 is 2.17 bits per heavy atom. The number of cyclic esters (lactones) is 1. The Kier molecular flexibility index (Phi) is 3.12. The highest BCUT2D eigenvalue weighted by Gasteiger charge is 2.43. The summed E-state index contributed by atoms with van der Waals surface area (Å²) in [4.78, 5) is 11.0. The summed E-state index contributed by atoms with van der Waals surface area (Å²) in [5.41, 5.74) is 0. The van der Waals surface area contributed by atoms with Gasteiger partial charge in [0.05, 0.1) is 5.92 Å². The predicted molar refractivity (Wildman–Crippen MR) is 47.7 cm³/mol. The molecule has 0 bridgehead atoms. The Morgan fingerprint density at radius 3 is 2.58 bits per heavy atom. The van der Waals surface area contributed by atoms with Crippen LogP contribution in [0.3, 0.4) is 0 Å². The van der Waals surface area contributed by atoms with Crippen molar-refractivity contribution < 1.29 is 9.53 Å². The summed E-state index contributed by atoms with van der Waals surface area (Å²) in [6.07, 6.45) is 3.61. The molecule has 2 nitrogen and oxygen atoms in total. The molecule has 1 rings (SSSR count). The minimum atomic E-state index is 0.00565. The molecule has 1 heterocycles. The lowest BCUT2D eigenvalue weighted by atomic mass is 9.83. The third-order valence-corrected chi connectivity index (χ3v) is 2.50. The molecule has 0 saturated carbocycles. The fourth-order valence-corrected chi connectivity index (χ4v) is 1.73. The van der Waals surface area contributed by atoms with E-state index in [-0.39, 0.29) is 18.0 Å². The van der Waals surface area contributed by atoms with Gasteiger partial charge in [0, 0.05) is 0 Å². The van der Waals surface area contributed by atoms with Crippen LogP contribution in [0.25, 0.3) is 0 Å². The Morgan fingerprint density at radius 1 is 1.50 bits per heavy atom. The molecule has 12 heavy (non-hydrogen) atoms. The van der Waals surface area contributed by atoms with E-state index in [1.54, 1.807) is 0 Å². The van der Waals surface area contributed by atoms with E-state index in [0.717, 1.165) is 6.42 Å². The van der Waals surface area contributed by atoms with Crippen molar-refractivity contribution in [1.82, 2.24) is 0 Å². The zero-order chi connectivity index (χ0) is 9.14. The second kappa shape index (κ2) is 3.92. The maximum Gasteiger partial charge on any atom is 0.313 e. The van der Waals surface area contributed by atoms with Crippen molar-refractivity contribution in [3.05, 3.63) is 0 Å². The van der Waals surface area contributed by atoms with Crippen LogP contribution in [0.1, 0.15) is 40.0 Å². The van der Waals surface area contributed by atoms with Gasteiger partial charge < -0.3 is 4.74 Å². The van der Waals surface area contributed by atoms with Crippen molar-refractivity contribution in [3.63, 3.8) is 0 Å². The molecule has 0 radical (unpaired) electrons. The Labute approximate surface area is 74.3 Å². The number of ether oxygens (including phenoxy) is 1. The Bertz CT molecular complexity index is 163. The SMILES string of the molecule is CCCC[C@H]1OC(=O)[C@H]1C(C)C. The summed E-state index contributed by atoms with van der Waals surface area (Å²) in [6, 6.07) is 0. The van der Waals surface area contributed by atoms with Crippen LogP contribution in [0.2, 0.25) is 0 Å². The summed E-state index contributed by atoms with van der Waals surface area (Å²) in [7, 11) is 0. The summed E-state index contributed by atoms with van der Waals surface area (Å²) in [6.45, 7) is 6.33. The van der Waals surface area contributed by atoms with Crippen molar-refractivity contribution in [1.29, 1.82) is 0 Å². The highest BCUT2D eigenvalue weighted by atomic mass is 16.6. The minimum Gasteiger partial charge on any atom is -0.461 e. The lowest BCUT2D eigenvalue weighted by Gasteiger charge is -2.37. The molecular formula is C10H18O2. The minimum absolute atomic E-state index is 0.00565. The molecule has 0 aliphatic carbocycles. The fraction of sp³-hybridized carbons (Fsp3) is 0.900. The summed E-state index contributed by atoms with van der Waals surface area (Å²) < 4.78 is 5.08. The molecule has 0 unspecified atom stereocenters. The van der Waals surface area contributed by atoms with Gasteiger partial charge in [-0.2, -0.15) is 0 Å². The summed E-state index contributed by atoms with van der Waals surface area (Å²) in [5.74, 6) is 0.621. The monoisotopic (exact) mass is 170 g/mol. The van der Waals surface area contributed by atoms with Crippen LogP contribution in [-0.4, -0.2) is 12.1 Å². The first kappa shape index (κ1) is 9.56. The molecule has 0 aromatic rings. The second-order valence-corrected chi connectivity index (χ2v) is 3.89. The maximum absolute atomic E-state index is 11.0. The quantitative estimate of drug-likeness (QED) is 0.605. The highest BCUT2D eigenvalue weighted by molar-refractivity contribution is 5.78. The van der Waals surface area contributed by atoms with E-state index in [2.05, 4.69) is 20.8 Å². The van der Waals surface area contributed by atoms with Crippen LogP contribution in [0.5, 0.6) is 0 Å². The molecule has 0 aromatic heterocycles. The van der Waals surface area contributed by atoms with Crippen LogP contribution in [-0.2, 0) is 9.53 Å². The van der Waals surface area contributed by atoms with E-state index in [1.165, 1.54) is 12.8 Å². The van der Waals surface area contributed by atoms with Gasteiger partial charge in [0.25, 0.3) is 0 Å². The summed E-state index contributed by atoms with van der Waals surface area (Å²) in [5, 5.41) is 0. The highest BCUT2D eigenvalue weighted by Crippen LogP contribution is 2.32. The first-order valence-corrected chi connectivity index (χ1v) is 4.87. The lowest BCUT2D eigenvalue weighted by molar-refractivity contribution is -0.189. The molecule has 70 valence electrons. The number of esters is 1. The molecule has 0 spiro atoms. The molecule has 0 amide bonds. The number of hydrogen-bond acceptors (Lipinski definition) is 2. The van der Waals surface area contributed by atoms with Crippen molar-refractivity contribution in [2.24, 2.45) is 11.8 Å². The van der Waals surface area contributed by atoms with E-state index in [0.29, 0.717) is 5.92 Å². The van der Waals surface area contributed by atoms with Crippen LogP contribution in [0.4, 0.5) is 0 Å². The normalized spacial score (nSPS) is 28.5. The number of rotatable bonds is 4. The molecule has 1 aliphatic rings. The van der Waals surface area contributed by atoms with E-state index < -0.39 is 0 Å². The first-order valence-electron chi connectivity index (χ1n) is 4.87. The fourth-order valence-electron chi connectivity index (χ4n) is 1.73. The third kappa shape index (κ3) is 1.79. The van der Waals surface area contributed by atoms with Crippen LogP contribution >= 0.6 is 0 Å². The molecule has 0 N–H and O–H groups in total. The summed E-state index contributed by atoms with van der Waals surface area (Å²) >= 11 is 0. The second-order valence-electron chi connectivity index (χ2n) is 3.89. The van der Waals surface area contributed by atoms with Gasteiger partial charge in [0.2, 0.25) is 0 Å². The molecule has 1 saturated heterocycles. The van der Waals surface area contributed by atoms with E-state index in [9.17, 15) is 4.79 Å². The third-order valence-electron chi connectivity index (χ3n) is 2.50. The van der Waals surface area contributed by atoms with E-state index in [4.69, 9.17) is 4.74 Å². The van der Waals surface area contributed by atoms with E-state index >= 15 is 0 Å². The number of hydrogen-bond donors (Lipinski definition) is 0. The largest absolute Gasteiger partial charge is 0.461 e. The van der Waals surface area contributed by atoms with Crippen molar-refractivity contribution in [3.8, 4) is 0 Å². The first-order chi connectivity index (χ1) is 5.66. The average Bonchev–Trinajstić information content (AvgIpc) is 1.95. The van der Waals surface area contributed by atoms with Crippen molar-refractivity contribution >= 4 is 5.97 Å². The molecule has 1 fully saturated rings. The number of carbonyl (C=O) groups excluding carboxylic acids is 1. The standard InChI is InChI=1S/C10H18O2/c1-4-5-6-8-9(7(2)3)10(11)12-8/h7-9H,4-6H2,1-3H3/t8-,9+/m1/s1. The van der Waals surface area contributed by atoms with E-state index in [1.807, 2.05) is 0 Å². The van der Waals surface area contributed by atoms with Gasteiger partial charge in [-0.25, -0.2) is 0 Å². The topological polar surface area (TPSA) is 26.3 Å². The van der Waals surface area contributed by atoms with Crippen molar-refractivity contribution in [2.75, 3.05) is 0 Å². The van der Waals surface area contributed by atoms with Gasteiger partial charge in [-0.3, -0.25) is 4.79 Å². The van der Waals surface area contributed by atoms with Gasteiger partial charge in [-0.15, -0.1) is 0 Å². The van der Waals surface area contributed by atoms with Gasteiger partial charge in [0.15, 0.2) is 0 Å². The molecule has 0 aromatic carbocycles. The zero-order valence-corrected chi connectivity index (χ0v) is 8.17. The van der Waals surface area contributed by atoms with Crippen LogP contribution < -0.4 is 0 Å². The molecule has 1 aliphatic heterocycles.